The van der Waals surface area contributed by atoms with Crippen LogP contribution in [0.4, 0.5) is 5.69 Å². The summed E-state index contributed by atoms with van der Waals surface area (Å²) in [5.41, 5.74) is 0.578. The Labute approximate surface area is 117 Å². The fraction of sp³-hybridized carbons (Fsp3) is 0.538. The molecule has 1 aromatic rings. The lowest BCUT2D eigenvalue weighted by molar-refractivity contribution is -0.386. The molecule has 1 unspecified atom stereocenters. The van der Waals surface area contributed by atoms with Crippen molar-refractivity contribution in [2.45, 2.75) is 31.9 Å². The van der Waals surface area contributed by atoms with Crippen LogP contribution in [-0.4, -0.2) is 24.1 Å². The normalized spacial score (nSPS) is 19.3. The Morgan fingerprint density at radius 3 is 3.00 bits per heavy atom. The van der Waals surface area contributed by atoms with Crippen molar-refractivity contribution in [1.29, 1.82) is 0 Å². The van der Waals surface area contributed by atoms with Gasteiger partial charge in [-0.2, -0.15) is 0 Å². The highest BCUT2D eigenvalue weighted by Crippen LogP contribution is 2.23. The largest absolute Gasteiger partial charge is 0.375 e. The van der Waals surface area contributed by atoms with Gasteiger partial charge < -0.3 is 10.1 Å². The maximum absolute atomic E-state index is 10.9. The zero-order valence-electron chi connectivity index (χ0n) is 10.6. The summed E-state index contributed by atoms with van der Waals surface area (Å²) in [6.07, 6.45) is 3.51. The second-order valence-electron chi connectivity index (χ2n) is 4.69. The second-order valence-corrected chi connectivity index (χ2v) is 5.13. The molecule has 0 amide bonds. The third-order valence-corrected chi connectivity index (χ3v) is 3.46. The van der Waals surface area contributed by atoms with Gasteiger partial charge in [0.1, 0.15) is 0 Å². The number of nitro groups is 1. The molecule has 0 saturated carbocycles. The van der Waals surface area contributed by atoms with Gasteiger partial charge >= 0.3 is 0 Å². The van der Waals surface area contributed by atoms with E-state index < -0.39 is 4.92 Å². The maximum atomic E-state index is 10.9. The molecule has 19 heavy (non-hydrogen) atoms. The van der Waals surface area contributed by atoms with Crippen LogP contribution in [-0.2, 0) is 11.3 Å². The molecule has 1 aliphatic rings. The number of nitrogens with zero attached hydrogens (tertiary/aromatic N) is 1. The summed E-state index contributed by atoms with van der Waals surface area (Å²) < 4.78 is 5.58. The van der Waals surface area contributed by atoms with Gasteiger partial charge in [0.25, 0.3) is 5.69 Å². The first-order valence-electron chi connectivity index (χ1n) is 6.41. The van der Waals surface area contributed by atoms with Crippen LogP contribution in [0.25, 0.3) is 0 Å². The number of hydrogen-bond donors (Lipinski definition) is 1. The van der Waals surface area contributed by atoms with Crippen molar-refractivity contribution in [3.63, 3.8) is 0 Å². The topological polar surface area (TPSA) is 64.4 Å². The molecule has 104 valence electrons. The first-order valence-corrected chi connectivity index (χ1v) is 6.78. The SMILES string of the molecule is O=[N+]([O-])c1ccc(Cl)cc1COCC1CCCCN1. The molecule has 1 fully saturated rings. The van der Waals surface area contributed by atoms with Gasteiger partial charge in [0.15, 0.2) is 0 Å². The van der Waals surface area contributed by atoms with Crippen LogP contribution in [0.3, 0.4) is 0 Å². The third kappa shape index (κ3) is 4.16. The van der Waals surface area contributed by atoms with Crippen LogP contribution in [0.5, 0.6) is 0 Å². The molecule has 0 spiro atoms. The second kappa shape index (κ2) is 6.84. The van der Waals surface area contributed by atoms with E-state index >= 15 is 0 Å². The molecule has 1 aliphatic heterocycles. The van der Waals surface area contributed by atoms with Crippen LogP contribution in [0.15, 0.2) is 18.2 Å². The number of benzene rings is 1. The van der Waals surface area contributed by atoms with Crippen LogP contribution in [0.2, 0.25) is 5.02 Å². The monoisotopic (exact) mass is 284 g/mol. The minimum Gasteiger partial charge on any atom is -0.375 e. The minimum atomic E-state index is -0.409. The molecule has 0 bridgehead atoms. The predicted octanol–water partition coefficient (Wildman–Crippen LogP) is 2.91. The summed E-state index contributed by atoms with van der Waals surface area (Å²) >= 11 is 5.86. The van der Waals surface area contributed by atoms with Crippen molar-refractivity contribution >= 4 is 17.3 Å². The molecule has 0 aliphatic carbocycles. The molecule has 6 heteroatoms. The van der Waals surface area contributed by atoms with Gasteiger partial charge in [-0.3, -0.25) is 10.1 Å². The number of piperidine rings is 1. The van der Waals surface area contributed by atoms with E-state index in [9.17, 15) is 10.1 Å². The number of nitro benzene ring substituents is 1. The van der Waals surface area contributed by atoms with Gasteiger partial charge in [0, 0.05) is 17.1 Å². The fourth-order valence-corrected chi connectivity index (χ4v) is 2.42. The number of rotatable bonds is 5. The molecule has 5 nitrogen and oxygen atoms in total. The number of nitrogens with one attached hydrogen (secondary N) is 1. The van der Waals surface area contributed by atoms with E-state index in [-0.39, 0.29) is 12.3 Å². The Hall–Kier alpha value is -1.17. The standard InChI is InChI=1S/C13H17ClN2O3/c14-11-4-5-13(16(17)18)10(7-11)8-19-9-12-3-1-2-6-15-12/h4-5,7,12,15H,1-3,6,8-9H2. The van der Waals surface area contributed by atoms with E-state index in [1.807, 2.05) is 0 Å². The molecule has 1 aromatic carbocycles. The molecule has 0 aromatic heterocycles. The Bertz CT molecular complexity index is 448. The summed E-state index contributed by atoms with van der Waals surface area (Å²) in [7, 11) is 0. The Morgan fingerprint density at radius 1 is 1.47 bits per heavy atom. The number of halogens is 1. The van der Waals surface area contributed by atoms with E-state index in [0.29, 0.717) is 23.2 Å². The zero-order chi connectivity index (χ0) is 13.7. The molecular formula is C13H17ClN2O3. The van der Waals surface area contributed by atoms with Crippen LogP contribution in [0.1, 0.15) is 24.8 Å². The van der Waals surface area contributed by atoms with E-state index in [1.54, 1.807) is 6.07 Å². The Morgan fingerprint density at radius 2 is 2.32 bits per heavy atom. The summed E-state index contributed by atoms with van der Waals surface area (Å²) in [4.78, 5) is 10.5. The van der Waals surface area contributed by atoms with Crippen molar-refractivity contribution in [2.75, 3.05) is 13.2 Å². The van der Waals surface area contributed by atoms with E-state index in [0.717, 1.165) is 13.0 Å². The van der Waals surface area contributed by atoms with E-state index in [4.69, 9.17) is 16.3 Å². The molecular weight excluding hydrogens is 268 g/mol. The van der Waals surface area contributed by atoms with Gasteiger partial charge in [-0.15, -0.1) is 0 Å². The van der Waals surface area contributed by atoms with Crippen molar-refractivity contribution in [2.24, 2.45) is 0 Å². The average molecular weight is 285 g/mol. The summed E-state index contributed by atoms with van der Waals surface area (Å²) in [5.74, 6) is 0. The maximum Gasteiger partial charge on any atom is 0.275 e. The van der Waals surface area contributed by atoms with Crippen molar-refractivity contribution in [3.8, 4) is 0 Å². The van der Waals surface area contributed by atoms with Gasteiger partial charge in [-0.25, -0.2) is 0 Å². The lowest BCUT2D eigenvalue weighted by Gasteiger charge is -2.23. The third-order valence-electron chi connectivity index (χ3n) is 3.23. The lowest BCUT2D eigenvalue weighted by Crippen LogP contribution is -2.37. The highest BCUT2D eigenvalue weighted by atomic mass is 35.5. The summed E-state index contributed by atoms with van der Waals surface area (Å²) in [6, 6.07) is 4.88. The first-order chi connectivity index (χ1) is 9.16. The number of ether oxygens (including phenoxy) is 1. The minimum absolute atomic E-state index is 0.0565. The molecule has 1 atom stereocenters. The molecule has 2 rings (SSSR count). The van der Waals surface area contributed by atoms with E-state index in [1.165, 1.54) is 25.0 Å². The molecule has 1 N–H and O–H groups in total. The van der Waals surface area contributed by atoms with Gasteiger partial charge in [0.2, 0.25) is 0 Å². The predicted molar refractivity (Wildman–Crippen MR) is 73.4 cm³/mol. The summed E-state index contributed by atoms with van der Waals surface area (Å²) in [5, 5.41) is 14.7. The number of hydrogen-bond acceptors (Lipinski definition) is 4. The highest BCUT2D eigenvalue weighted by Gasteiger charge is 2.16. The quantitative estimate of drug-likeness (QED) is 0.667. The van der Waals surface area contributed by atoms with Crippen LogP contribution < -0.4 is 5.32 Å². The molecule has 0 radical (unpaired) electrons. The van der Waals surface area contributed by atoms with Crippen LogP contribution in [0, 0.1) is 10.1 Å². The van der Waals surface area contributed by atoms with Crippen molar-refractivity contribution in [3.05, 3.63) is 38.9 Å². The fourth-order valence-electron chi connectivity index (χ4n) is 2.23. The highest BCUT2D eigenvalue weighted by molar-refractivity contribution is 6.30. The molecule has 1 heterocycles. The van der Waals surface area contributed by atoms with Gasteiger partial charge in [-0.05, 0) is 31.5 Å². The Kier molecular flexibility index (Phi) is 5.13. The van der Waals surface area contributed by atoms with E-state index in [2.05, 4.69) is 5.32 Å². The Balaban J connectivity index is 1.91. The average Bonchev–Trinajstić information content (AvgIpc) is 2.39. The summed E-state index contributed by atoms with van der Waals surface area (Å²) in [6.45, 7) is 1.81. The van der Waals surface area contributed by atoms with Gasteiger partial charge in [0.05, 0.1) is 23.7 Å². The lowest BCUT2D eigenvalue weighted by atomic mass is 10.1. The van der Waals surface area contributed by atoms with Crippen molar-refractivity contribution in [1.82, 2.24) is 5.32 Å². The van der Waals surface area contributed by atoms with Crippen molar-refractivity contribution < 1.29 is 9.66 Å². The molecule has 1 saturated heterocycles. The van der Waals surface area contributed by atoms with Crippen LogP contribution >= 0.6 is 11.6 Å². The smallest absolute Gasteiger partial charge is 0.275 e. The first kappa shape index (κ1) is 14.2. The van der Waals surface area contributed by atoms with Gasteiger partial charge in [-0.1, -0.05) is 18.0 Å². The zero-order valence-corrected chi connectivity index (χ0v) is 11.4.